The van der Waals surface area contributed by atoms with Crippen molar-refractivity contribution in [3.8, 4) is 0 Å². The van der Waals surface area contributed by atoms with Crippen LogP contribution in [-0.2, 0) is 6.54 Å². The number of amides is 2. The quantitative estimate of drug-likeness (QED) is 0.582. The molecule has 0 bridgehead atoms. The number of hydrogen-bond donors (Lipinski definition) is 2. The summed E-state index contributed by atoms with van der Waals surface area (Å²) in [6.07, 6.45) is -1.43. The lowest BCUT2D eigenvalue weighted by atomic mass is 10.1. The van der Waals surface area contributed by atoms with Crippen LogP contribution in [0.4, 0.5) is 13.2 Å². The highest BCUT2D eigenvalue weighted by atomic mass is 19.4. The molecule has 168 valence electrons. The Morgan fingerprint density at radius 1 is 1.03 bits per heavy atom. The van der Waals surface area contributed by atoms with Crippen molar-refractivity contribution in [2.24, 2.45) is 0 Å². The van der Waals surface area contributed by atoms with Gasteiger partial charge in [-0.2, -0.15) is 13.2 Å². The summed E-state index contributed by atoms with van der Waals surface area (Å²) in [5.41, 5.74) is -1.12. The number of aromatic nitrogens is 1. The lowest BCUT2D eigenvalue weighted by Crippen LogP contribution is -2.41. The van der Waals surface area contributed by atoms with Crippen molar-refractivity contribution in [1.29, 1.82) is 0 Å². The number of carbonyl (C=O) groups is 2. The molecule has 32 heavy (non-hydrogen) atoms. The molecule has 3 aromatic rings. The van der Waals surface area contributed by atoms with Gasteiger partial charge in [0.2, 0.25) is 5.43 Å². The monoisotopic (exact) mass is 447 g/mol. The fourth-order valence-electron chi connectivity index (χ4n) is 3.07. The maximum absolute atomic E-state index is 13.5. The lowest BCUT2D eigenvalue weighted by molar-refractivity contribution is -0.159. The maximum atomic E-state index is 13.5. The van der Waals surface area contributed by atoms with Gasteiger partial charge in [0.1, 0.15) is 16.9 Å². The van der Waals surface area contributed by atoms with Crippen molar-refractivity contribution in [3.05, 3.63) is 93.8 Å². The van der Waals surface area contributed by atoms with Crippen LogP contribution in [0.5, 0.6) is 0 Å². The summed E-state index contributed by atoms with van der Waals surface area (Å²) in [7, 11) is 0. The zero-order valence-electron chi connectivity index (χ0n) is 17.0. The fraction of sp³-hybridized carbons (Fsp3) is 0.227. The molecule has 1 atom stereocenters. The molecule has 2 amide bonds. The number of alkyl halides is 3. The van der Waals surface area contributed by atoms with Crippen molar-refractivity contribution in [1.82, 2.24) is 15.2 Å². The van der Waals surface area contributed by atoms with E-state index in [2.05, 4.69) is 5.32 Å². The van der Waals surface area contributed by atoms with E-state index in [4.69, 9.17) is 4.42 Å². The molecule has 0 spiro atoms. The number of furan rings is 1. The zero-order chi connectivity index (χ0) is 23.3. The third kappa shape index (κ3) is 5.26. The lowest BCUT2D eigenvalue weighted by Gasteiger charge is -2.20. The van der Waals surface area contributed by atoms with Crippen molar-refractivity contribution < 1.29 is 27.2 Å². The third-order valence-electron chi connectivity index (χ3n) is 4.54. The topological polar surface area (TPSA) is 93.3 Å². The van der Waals surface area contributed by atoms with Crippen LogP contribution in [-0.4, -0.2) is 29.1 Å². The van der Waals surface area contributed by atoms with Crippen LogP contribution in [0.15, 0.2) is 70.3 Å². The molecule has 10 heteroatoms. The van der Waals surface area contributed by atoms with Crippen LogP contribution in [0.25, 0.3) is 0 Å². The SMILES string of the molecule is CCNC(=O)c1cn(Cc2ccccc2)cc(C(=O)N[C@H](c2ccco2)C(F)(F)F)c1=O. The van der Waals surface area contributed by atoms with E-state index in [0.29, 0.717) is 0 Å². The first-order valence-corrected chi connectivity index (χ1v) is 9.68. The van der Waals surface area contributed by atoms with Gasteiger partial charge in [0.05, 0.1) is 6.26 Å². The molecule has 2 N–H and O–H groups in total. The molecule has 0 aliphatic carbocycles. The first kappa shape index (κ1) is 22.9. The molecule has 0 aliphatic rings. The molecule has 0 fully saturated rings. The summed E-state index contributed by atoms with van der Waals surface area (Å²) < 4.78 is 46.7. The fourth-order valence-corrected chi connectivity index (χ4v) is 3.07. The Labute approximate surface area is 180 Å². The second kappa shape index (κ2) is 9.54. The van der Waals surface area contributed by atoms with Crippen LogP contribution in [0.3, 0.4) is 0 Å². The number of nitrogens with zero attached hydrogens (tertiary/aromatic N) is 1. The third-order valence-corrected chi connectivity index (χ3v) is 4.54. The van der Waals surface area contributed by atoms with Crippen molar-refractivity contribution in [3.63, 3.8) is 0 Å². The molecule has 2 aromatic heterocycles. The molecule has 0 saturated carbocycles. The smallest absolute Gasteiger partial charge is 0.415 e. The minimum atomic E-state index is -4.87. The van der Waals surface area contributed by atoms with E-state index in [1.54, 1.807) is 42.6 Å². The van der Waals surface area contributed by atoms with E-state index in [1.807, 2.05) is 0 Å². The Hall–Kier alpha value is -3.82. The molecule has 0 aliphatic heterocycles. The summed E-state index contributed by atoms with van der Waals surface area (Å²) in [6, 6.07) is 8.82. The van der Waals surface area contributed by atoms with Gasteiger partial charge in [-0.05, 0) is 24.6 Å². The Morgan fingerprint density at radius 2 is 1.69 bits per heavy atom. The Bertz CT molecular complexity index is 1140. The normalized spacial score (nSPS) is 12.2. The number of rotatable bonds is 7. The number of carbonyl (C=O) groups excluding carboxylic acids is 2. The molecule has 2 heterocycles. The minimum absolute atomic E-state index is 0.189. The van der Waals surface area contributed by atoms with E-state index in [0.717, 1.165) is 24.1 Å². The van der Waals surface area contributed by atoms with Gasteiger partial charge in [0.25, 0.3) is 11.8 Å². The predicted octanol–water partition coefficient (Wildman–Crippen LogP) is 3.27. The van der Waals surface area contributed by atoms with Crippen molar-refractivity contribution >= 4 is 11.8 Å². The van der Waals surface area contributed by atoms with Gasteiger partial charge < -0.3 is 19.6 Å². The second-order valence-corrected chi connectivity index (χ2v) is 6.90. The van der Waals surface area contributed by atoms with E-state index in [-0.39, 0.29) is 18.7 Å². The number of hydrogen-bond acceptors (Lipinski definition) is 4. The largest absolute Gasteiger partial charge is 0.467 e. The summed E-state index contributed by atoms with van der Waals surface area (Å²) in [5.74, 6) is -2.54. The summed E-state index contributed by atoms with van der Waals surface area (Å²) in [4.78, 5) is 37.9. The Morgan fingerprint density at radius 3 is 2.25 bits per heavy atom. The number of nitrogens with one attached hydrogen (secondary N) is 2. The van der Waals surface area contributed by atoms with E-state index in [1.165, 1.54) is 16.8 Å². The summed E-state index contributed by atoms with van der Waals surface area (Å²) in [6.45, 7) is 2.06. The minimum Gasteiger partial charge on any atom is -0.467 e. The molecule has 0 unspecified atom stereocenters. The van der Waals surface area contributed by atoms with Gasteiger partial charge in [-0.25, -0.2) is 0 Å². The highest BCUT2D eigenvalue weighted by Crippen LogP contribution is 2.33. The first-order chi connectivity index (χ1) is 15.2. The van der Waals surface area contributed by atoms with Crippen LogP contribution in [0.2, 0.25) is 0 Å². The van der Waals surface area contributed by atoms with Gasteiger partial charge in [-0.3, -0.25) is 14.4 Å². The van der Waals surface area contributed by atoms with Gasteiger partial charge in [0, 0.05) is 25.5 Å². The van der Waals surface area contributed by atoms with Gasteiger partial charge >= 0.3 is 6.18 Å². The number of halogens is 3. The summed E-state index contributed by atoms with van der Waals surface area (Å²) in [5, 5.41) is 4.27. The van der Waals surface area contributed by atoms with Crippen LogP contribution >= 0.6 is 0 Å². The maximum Gasteiger partial charge on any atom is 0.415 e. The van der Waals surface area contributed by atoms with E-state index < -0.39 is 40.8 Å². The highest BCUT2D eigenvalue weighted by molar-refractivity contribution is 5.99. The van der Waals surface area contributed by atoms with Crippen LogP contribution < -0.4 is 16.1 Å². The molecular weight excluding hydrogens is 427 g/mol. The average molecular weight is 447 g/mol. The Kier molecular flexibility index (Phi) is 6.82. The average Bonchev–Trinajstić information content (AvgIpc) is 3.27. The number of benzene rings is 1. The first-order valence-electron chi connectivity index (χ1n) is 9.68. The molecule has 7 nitrogen and oxygen atoms in total. The van der Waals surface area contributed by atoms with Crippen LogP contribution in [0.1, 0.15) is 45.0 Å². The highest BCUT2D eigenvalue weighted by Gasteiger charge is 2.44. The van der Waals surface area contributed by atoms with Gasteiger partial charge in [0.15, 0.2) is 6.04 Å². The zero-order valence-corrected chi connectivity index (χ0v) is 17.0. The van der Waals surface area contributed by atoms with E-state index in [9.17, 15) is 27.6 Å². The standard InChI is InChI=1S/C22H20F3N3O4/c1-2-26-20(30)15-12-28(11-14-7-4-3-5-8-14)13-16(18(15)29)21(31)27-19(22(23,24)25)17-9-6-10-32-17/h3-10,12-13,19H,2,11H2,1H3,(H,26,30)(H,27,31)/t19-/m1/s1. The molecule has 3 rings (SSSR count). The predicted molar refractivity (Wildman–Crippen MR) is 109 cm³/mol. The van der Waals surface area contributed by atoms with Gasteiger partial charge in [-0.1, -0.05) is 30.3 Å². The van der Waals surface area contributed by atoms with Crippen molar-refractivity contribution in [2.75, 3.05) is 6.54 Å². The van der Waals surface area contributed by atoms with Crippen molar-refractivity contribution in [2.45, 2.75) is 25.7 Å². The molecule has 1 aromatic carbocycles. The van der Waals surface area contributed by atoms with Gasteiger partial charge in [-0.15, -0.1) is 0 Å². The van der Waals surface area contributed by atoms with E-state index >= 15 is 0 Å². The van der Waals surface area contributed by atoms with Crippen LogP contribution in [0, 0.1) is 0 Å². The second-order valence-electron chi connectivity index (χ2n) is 6.90. The Balaban J connectivity index is 2.02. The molecular formula is C22H20F3N3O4. The summed E-state index contributed by atoms with van der Waals surface area (Å²) >= 11 is 0. The molecule has 0 radical (unpaired) electrons. The number of pyridine rings is 1. The molecule has 0 saturated heterocycles.